The van der Waals surface area contributed by atoms with Gasteiger partial charge in [-0.25, -0.2) is 0 Å². The van der Waals surface area contributed by atoms with E-state index in [0.29, 0.717) is 0 Å². The normalized spacial score (nSPS) is 10.5. The molecular formula is C15H17ClN2O. The third-order valence-electron chi connectivity index (χ3n) is 2.88. The number of methoxy groups -OCH3 is 1. The van der Waals surface area contributed by atoms with Crippen molar-refractivity contribution in [2.45, 2.75) is 13.5 Å². The summed E-state index contributed by atoms with van der Waals surface area (Å²) in [5.74, 6) is 0.763. The fourth-order valence-electron chi connectivity index (χ4n) is 1.89. The standard InChI is InChI=1S/C15H17ClN2O/c1-3-17-10-12-9-11(6-7-13(12)16)15-14(19-2)5-4-8-18-15/h4-9,17H,3,10H2,1-2H3. The molecule has 0 aliphatic rings. The molecule has 0 saturated heterocycles. The van der Waals surface area contributed by atoms with Crippen LogP contribution >= 0.6 is 11.6 Å². The number of nitrogens with zero attached hydrogens (tertiary/aromatic N) is 1. The van der Waals surface area contributed by atoms with E-state index in [0.717, 1.165) is 40.7 Å². The van der Waals surface area contributed by atoms with Crippen LogP contribution in [-0.2, 0) is 6.54 Å². The van der Waals surface area contributed by atoms with E-state index < -0.39 is 0 Å². The number of hydrogen-bond acceptors (Lipinski definition) is 3. The molecule has 0 radical (unpaired) electrons. The van der Waals surface area contributed by atoms with Crippen molar-refractivity contribution >= 4 is 11.6 Å². The Morgan fingerprint density at radius 3 is 2.89 bits per heavy atom. The molecule has 100 valence electrons. The molecule has 0 unspecified atom stereocenters. The maximum absolute atomic E-state index is 6.20. The molecule has 1 heterocycles. The van der Waals surface area contributed by atoms with Gasteiger partial charge in [0.15, 0.2) is 0 Å². The molecule has 0 amide bonds. The van der Waals surface area contributed by atoms with Crippen LogP contribution in [0.15, 0.2) is 36.5 Å². The van der Waals surface area contributed by atoms with E-state index in [1.54, 1.807) is 13.3 Å². The first-order chi connectivity index (χ1) is 9.26. The summed E-state index contributed by atoms with van der Waals surface area (Å²) < 4.78 is 5.34. The molecule has 1 N–H and O–H groups in total. The third-order valence-corrected chi connectivity index (χ3v) is 3.24. The third kappa shape index (κ3) is 3.25. The van der Waals surface area contributed by atoms with Crippen molar-refractivity contribution in [3.05, 3.63) is 47.1 Å². The monoisotopic (exact) mass is 276 g/mol. The maximum atomic E-state index is 6.20. The zero-order valence-electron chi connectivity index (χ0n) is 11.1. The highest BCUT2D eigenvalue weighted by Crippen LogP contribution is 2.30. The Bertz CT molecular complexity index is 558. The predicted octanol–water partition coefficient (Wildman–Crippen LogP) is 3.52. The van der Waals surface area contributed by atoms with Crippen LogP contribution in [0.1, 0.15) is 12.5 Å². The number of hydrogen-bond donors (Lipinski definition) is 1. The molecule has 19 heavy (non-hydrogen) atoms. The van der Waals surface area contributed by atoms with Gasteiger partial charge in [-0.15, -0.1) is 0 Å². The van der Waals surface area contributed by atoms with E-state index in [9.17, 15) is 0 Å². The topological polar surface area (TPSA) is 34.2 Å². The van der Waals surface area contributed by atoms with E-state index in [4.69, 9.17) is 16.3 Å². The number of halogens is 1. The molecule has 0 aliphatic carbocycles. The van der Waals surface area contributed by atoms with Crippen molar-refractivity contribution in [2.75, 3.05) is 13.7 Å². The van der Waals surface area contributed by atoms with E-state index >= 15 is 0 Å². The average Bonchev–Trinajstić information content (AvgIpc) is 2.46. The van der Waals surface area contributed by atoms with E-state index in [2.05, 4.69) is 23.3 Å². The molecule has 0 fully saturated rings. The molecule has 2 aromatic rings. The number of rotatable bonds is 5. The quantitative estimate of drug-likeness (QED) is 0.907. The van der Waals surface area contributed by atoms with Gasteiger partial charge < -0.3 is 10.1 Å². The van der Waals surface area contributed by atoms with Gasteiger partial charge in [-0.05, 0) is 36.4 Å². The van der Waals surface area contributed by atoms with Crippen LogP contribution in [0.2, 0.25) is 5.02 Å². The van der Waals surface area contributed by atoms with Crippen LogP contribution in [0.3, 0.4) is 0 Å². The van der Waals surface area contributed by atoms with Crippen molar-refractivity contribution in [1.29, 1.82) is 0 Å². The second-order valence-corrected chi connectivity index (χ2v) is 4.55. The molecular weight excluding hydrogens is 260 g/mol. The van der Waals surface area contributed by atoms with Crippen LogP contribution in [0.5, 0.6) is 5.75 Å². The molecule has 1 aromatic heterocycles. The van der Waals surface area contributed by atoms with E-state index in [1.807, 2.05) is 24.3 Å². The Morgan fingerprint density at radius 1 is 1.32 bits per heavy atom. The fourth-order valence-corrected chi connectivity index (χ4v) is 2.07. The fraction of sp³-hybridized carbons (Fsp3) is 0.267. The molecule has 0 atom stereocenters. The second-order valence-electron chi connectivity index (χ2n) is 4.14. The minimum atomic E-state index is 0.748. The summed E-state index contributed by atoms with van der Waals surface area (Å²) in [5.41, 5.74) is 2.91. The first kappa shape index (κ1) is 13.8. The summed E-state index contributed by atoms with van der Waals surface area (Å²) in [7, 11) is 1.65. The maximum Gasteiger partial charge on any atom is 0.145 e. The molecule has 0 aliphatic heterocycles. The molecule has 0 saturated carbocycles. The Hall–Kier alpha value is -1.58. The summed E-state index contributed by atoms with van der Waals surface area (Å²) in [5, 5.41) is 4.04. The first-order valence-corrected chi connectivity index (χ1v) is 6.62. The predicted molar refractivity (Wildman–Crippen MR) is 78.6 cm³/mol. The lowest BCUT2D eigenvalue weighted by Gasteiger charge is -2.10. The van der Waals surface area contributed by atoms with Crippen molar-refractivity contribution in [3.8, 4) is 17.0 Å². The summed E-state index contributed by atoms with van der Waals surface area (Å²) in [6.45, 7) is 3.73. The van der Waals surface area contributed by atoms with Crippen LogP contribution in [-0.4, -0.2) is 18.6 Å². The van der Waals surface area contributed by atoms with E-state index in [1.165, 1.54) is 0 Å². The summed E-state index contributed by atoms with van der Waals surface area (Å²) in [6, 6.07) is 9.68. The molecule has 0 spiro atoms. The lowest BCUT2D eigenvalue weighted by molar-refractivity contribution is 0.415. The van der Waals surface area contributed by atoms with Gasteiger partial charge in [0, 0.05) is 23.3 Å². The lowest BCUT2D eigenvalue weighted by atomic mass is 10.1. The molecule has 2 rings (SSSR count). The van der Waals surface area contributed by atoms with Crippen molar-refractivity contribution in [2.24, 2.45) is 0 Å². The summed E-state index contributed by atoms with van der Waals surface area (Å²) >= 11 is 6.20. The highest BCUT2D eigenvalue weighted by Gasteiger charge is 2.09. The minimum Gasteiger partial charge on any atom is -0.494 e. The van der Waals surface area contributed by atoms with Gasteiger partial charge in [0.2, 0.25) is 0 Å². The molecule has 1 aromatic carbocycles. The van der Waals surface area contributed by atoms with Crippen molar-refractivity contribution in [1.82, 2.24) is 10.3 Å². The SMILES string of the molecule is CCNCc1cc(-c2ncccc2OC)ccc1Cl. The highest BCUT2D eigenvalue weighted by molar-refractivity contribution is 6.31. The Morgan fingerprint density at radius 2 is 2.16 bits per heavy atom. The lowest BCUT2D eigenvalue weighted by Crippen LogP contribution is -2.12. The van der Waals surface area contributed by atoms with Crippen molar-refractivity contribution in [3.63, 3.8) is 0 Å². The van der Waals surface area contributed by atoms with Gasteiger partial charge in [-0.1, -0.05) is 24.6 Å². The summed E-state index contributed by atoms with van der Waals surface area (Å²) in [4.78, 5) is 4.38. The van der Waals surface area contributed by atoms with Crippen molar-refractivity contribution < 1.29 is 4.74 Å². The summed E-state index contributed by atoms with van der Waals surface area (Å²) in [6.07, 6.45) is 1.76. The number of benzene rings is 1. The Kier molecular flexibility index (Phi) is 4.77. The largest absolute Gasteiger partial charge is 0.494 e. The minimum absolute atomic E-state index is 0.748. The van der Waals surface area contributed by atoms with Gasteiger partial charge in [0.05, 0.1) is 7.11 Å². The average molecular weight is 277 g/mol. The smallest absolute Gasteiger partial charge is 0.145 e. The highest BCUT2D eigenvalue weighted by atomic mass is 35.5. The van der Waals surface area contributed by atoms with Gasteiger partial charge in [-0.3, -0.25) is 4.98 Å². The van der Waals surface area contributed by atoms with Gasteiger partial charge >= 0.3 is 0 Å². The van der Waals surface area contributed by atoms with Crippen LogP contribution in [0.4, 0.5) is 0 Å². The van der Waals surface area contributed by atoms with Crippen LogP contribution in [0.25, 0.3) is 11.3 Å². The number of ether oxygens (including phenoxy) is 1. The van der Waals surface area contributed by atoms with Crippen LogP contribution in [0, 0.1) is 0 Å². The zero-order valence-corrected chi connectivity index (χ0v) is 11.9. The van der Waals surface area contributed by atoms with E-state index in [-0.39, 0.29) is 0 Å². The number of pyridine rings is 1. The Labute approximate surface area is 118 Å². The first-order valence-electron chi connectivity index (χ1n) is 6.24. The molecule has 4 heteroatoms. The zero-order chi connectivity index (χ0) is 13.7. The van der Waals surface area contributed by atoms with Crippen LogP contribution < -0.4 is 10.1 Å². The second kappa shape index (κ2) is 6.55. The number of aromatic nitrogens is 1. The Balaban J connectivity index is 2.39. The van der Waals surface area contributed by atoms with Gasteiger partial charge in [-0.2, -0.15) is 0 Å². The molecule has 3 nitrogen and oxygen atoms in total. The molecule has 0 bridgehead atoms. The number of nitrogens with one attached hydrogen (secondary N) is 1. The van der Waals surface area contributed by atoms with Gasteiger partial charge in [0.1, 0.15) is 11.4 Å². The van der Waals surface area contributed by atoms with Gasteiger partial charge in [0.25, 0.3) is 0 Å².